The molecule has 3 rings (SSSR count). The van der Waals surface area contributed by atoms with Crippen molar-refractivity contribution >= 4 is 28.2 Å². The molecule has 0 saturated heterocycles. The second-order valence-electron chi connectivity index (χ2n) is 6.76. The number of benzene rings is 1. The minimum absolute atomic E-state index is 0.139. The van der Waals surface area contributed by atoms with Gasteiger partial charge in [0.1, 0.15) is 10.8 Å². The van der Waals surface area contributed by atoms with Crippen LogP contribution in [0.25, 0.3) is 0 Å². The van der Waals surface area contributed by atoms with Crippen LogP contribution in [0.2, 0.25) is 0 Å². The molecule has 7 heteroatoms. The highest BCUT2D eigenvalue weighted by molar-refractivity contribution is 7.17. The maximum Gasteiger partial charge on any atom is 0.341 e. The van der Waals surface area contributed by atoms with Crippen LogP contribution < -0.4 is 5.32 Å². The average Bonchev–Trinajstić information content (AvgIpc) is 2.98. The van der Waals surface area contributed by atoms with Crippen LogP contribution in [0.4, 0.5) is 9.39 Å². The van der Waals surface area contributed by atoms with E-state index in [0.29, 0.717) is 17.1 Å². The number of nitrogens with one attached hydrogen (secondary N) is 1. The van der Waals surface area contributed by atoms with Gasteiger partial charge >= 0.3 is 5.97 Å². The summed E-state index contributed by atoms with van der Waals surface area (Å²) in [7, 11) is 3.15. The van der Waals surface area contributed by atoms with Crippen molar-refractivity contribution in [2.24, 2.45) is 0 Å². The van der Waals surface area contributed by atoms with Gasteiger partial charge in [-0.05, 0) is 56.0 Å². The van der Waals surface area contributed by atoms with Crippen LogP contribution in [-0.4, -0.2) is 37.5 Å². The lowest BCUT2D eigenvalue weighted by molar-refractivity contribution is -0.117. The summed E-state index contributed by atoms with van der Waals surface area (Å²) < 4.78 is 18.2. The molecular weight excluding hydrogens is 367 g/mol. The summed E-state index contributed by atoms with van der Waals surface area (Å²) in [6.07, 6.45) is 3.90. The van der Waals surface area contributed by atoms with Gasteiger partial charge in [0.05, 0.1) is 19.2 Å². The number of esters is 1. The number of ether oxygens (including phenoxy) is 1. The van der Waals surface area contributed by atoms with Crippen molar-refractivity contribution in [1.82, 2.24) is 4.90 Å². The number of fused-ring (bicyclic) bond motifs is 1. The van der Waals surface area contributed by atoms with E-state index in [1.54, 1.807) is 18.0 Å². The highest BCUT2D eigenvalue weighted by atomic mass is 32.1. The SMILES string of the molecule is COC(=O)c1c(NC(=O)CN(C)Cc2cccc(F)c2)sc2c1CCCC2. The van der Waals surface area contributed by atoms with E-state index in [1.807, 2.05) is 6.07 Å². The van der Waals surface area contributed by atoms with Gasteiger partial charge in [0.25, 0.3) is 0 Å². The van der Waals surface area contributed by atoms with E-state index in [-0.39, 0.29) is 18.3 Å². The van der Waals surface area contributed by atoms with E-state index >= 15 is 0 Å². The Morgan fingerprint density at radius 3 is 2.81 bits per heavy atom. The van der Waals surface area contributed by atoms with Gasteiger partial charge in [-0.3, -0.25) is 9.69 Å². The molecule has 1 heterocycles. The fourth-order valence-corrected chi connectivity index (χ4v) is 4.68. The van der Waals surface area contributed by atoms with Gasteiger partial charge in [-0.1, -0.05) is 12.1 Å². The number of likely N-dealkylation sites (N-methyl/N-ethyl adjacent to an activating group) is 1. The molecule has 27 heavy (non-hydrogen) atoms. The summed E-state index contributed by atoms with van der Waals surface area (Å²) in [4.78, 5) is 27.7. The summed E-state index contributed by atoms with van der Waals surface area (Å²) in [5.41, 5.74) is 2.31. The van der Waals surface area contributed by atoms with Crippen molar-refractivity contribution in [3.8, 4) is 0 Å². The van der Waals surface area contributed by atoms with Crippen LogP contribution in [0.1, 0.15) is 39.2 Å². The number of hydrogen-bond donors (Lipinski definition) is 1. The van der Waals surface area contributed by atoms with Gasteiger partial charge in [0.15, 0.2) is 0 Å². The minimum Gasteiger partial charge on any atom is -0.465 e. The predicted molar refractivity (Wildman–Crippen MR) is 104 cm³/mol. The number of rotatable bonds is 6. The Bertz CT molecular complexity index is 850. The third-order valence-corrected chi connectivity index (χ3v) is 5.78. The molecule has 2 aromatic rings. The molecule has 5 nitrogen and oxygen atoms in total. The van der Waals surface area contributed by atoms with Gasteiger partial charge in [0, 0.05) is 11.4 Å². The van der Waals surface area contributed by atoms with Crippen molar-refractivity contribution < 1.29 is 18.7 Å². The maximum atomic E-state index is 13.3. The van der Waals surface area contributed by atoms with E-state index in [2.05, 4.69) is 5.32 Å². The standard InChI is InChI=1S/C20H23FN2O3S/c1-23(11-13-6-5-7-14(21)10-13)12-17(24)22-19-18(20(25)26-2)15-8-3-4-9-16(15)27-19/h5-7,10H,3-4,8-9,11-12H2,1-2H3,(H,22,24). The number of carbonyl (C=O) groups is 2. The smallest absolute Gasteiger partial charge is 0.341 e. The quantitative estimate of drug-likeness (QED) is 0.766. The molecule has 0 radical (unpaired) electrons. The summed E-state index contributed by atoms with van der Waals surface area (Å²) in [5.74, 6) is -0.910. The van der Waals surface area contributed by atoms with Crippen molar-refractivity contribution in [2.45, 2.75) is 32.2 Å². The Labute approximate surface area is 162 Å². The first-order valence-corrected chi connectivity index (χ1v) is 9.75. The molecule has 0 unspecified atom stereocenters. The van der Waals surface area contributed by atoms with Crippen LogP contribution in [0.15, 0.2) is 24.3 Å². The summed E-state index contributed by atoms with van der Waals surface area (Å²) in [6, 6.07) is 6.32. The first kappa shape index (κ1) is 19.5. The number of methoxy groups -OCH3 is 1. The average molecular weight is 390 g/mol. The molecule has 0 saturated carbocycles. The number of aryl methyl sites for hydroxylation is 1. The number of amides is 1. The minimum atomic E-state index is -0.405. The second-order valence-corrected chi connectivity index (χ2v) is 7.86. The Hall–Kier alpha value is -2.25. The first-order valence-electron chi connectivity index (χ1n) is 8.93. The molecule has 0 fully saturated rings. The van der Waals surface area contributed by atoms with E-state index in [1.165, 1.54) is 30.6 Å². The predicted octanol–water partition coefficient (Wildman–Crippen LogP) is 3.62. The van der Waals surface area contributed by atoms with Crippen LogP contribution in [0.5, 0.6) is 0 Å². The number of thiophene rings is 1. The molecule has 144 valence electrons. The van der Waals surface area contributed by atoms with Gasteiger partial charge < -0.3 is 10.1 Å². The van der Waals surface area contributed by atoms with E-state index in [0.717, 1.165) is 41.7 Å². The van der Waals surface area contributed by atoms with Gasteiger partial charge in [-0.25, -0.2) is 9.18 Å². The van der Waals surface area contributed by atoms with Crippen molar-refractivity contribution in [1.29, 1.82) is 0 Å². The molecule has 0 spiro atoms. The number of anilines is 1. The fraction of sp³-hybridized carbons (Fsp3) is 0.400. The Morgan fingerprint density at radius 2 is 2.07 bits per heavy atom. The van der Waals surface area contributed by atoms with E-state index in [4.69, 9.17) is 4.74 Å². The number of hydrogen-bond acceptors (Lipinski definition) is 5. The zero-order chi connectivity index (χ0) is 19.4. The molecule has 1 aromatic heterocycles. The zero-order valence-corrected chi connectivity index (χ0v) is 16.3. The van der Waals surface area contributed by atoms with Crippen molar-refractivity contribution in [2.75, 3.05) is 26.0 Å². The summed E-state index contributed by atoms with van der Waals surface area (Å²) in [5, 5.41) is 3.44. The Morgan fingerprint density at radius 1 is 1.30 bits per heavy atom. The van der Waals surface area contributed by atoms with Gasteiger partial charge in [-0.2, -0.15) is 0 Å². The van der Waals surface area contributed by atoms with Gasteiger partial charge in [0.2, 0.25) is 5.91 Å². The third kappa shape index (κ3) is 4.73. The Kier molecular flexibility index (Phi) is 6.23. The van der Waals surface area contributed by atoms with Crippen LogP contribution in [0.3, 0.4) is 0 Å². The summed E-state index contributed by atoms with van der Waals surface area (Å²) >= 11 is 1.47. The van der Waals surface area contributed by atoms with Crippen molar-refractivity contribution in [3.63, 3.8) is 0 Å². The molecule has 0 bridgehead atoms. The highest BCUT2D eigenvalue weighted by Gasteiger charge is 2.27. The van der Waals surface area contributed by atoms with Crippen molar-refractivity contribution in [3.05, 3.63) is 51.7 Å². The third-order valence-electron chi connectivity index (χ3n) is 4.57. The summed E-state index contributed by atoms with van der Waals surface area (Å²) in [6.45, 7) is 0.593. The van der Waals surface area contributed by atoms with Gasteiger partial charge in [-0.15, -0.1) is 11.3 Å². The molecule has 1 N–H and O–H groups in total. The Balaban J connectivity index is 1.68. The molecule has 1 amide bonds. The molecule has 1 aliphatic rings. The second kappa shape index (κ2) is 8.63. The zero-order valence-electron chi connectivity index (χ0n) is 15.5. The van der Waals surface area contributed by atoms with Crippen LogP contribution in [-0.2, 0) is 28.9 Å². The lowest BCUT2D eigenvalue weighted by Gasteiger charge is -2.16. The van der Waals surface area contributed by atoms with E-state index in [9.17, 15) is 14.0 Å². The lowest BCUT2D eigenvalue weighted by Crippen LogP contribution is -2.30. The fourth-order valence-electron chi connectivity index (χ4n) is 3.39. The van der Waals surface area contributed by atoms with Crippen LogP contribution in [0, 0.1) is 5.82 Å². The number of carbonyl (C=O) groups excluding carboxylic acids is 2. The maximum absolute atomic E-state index is 13.3. The number of halogens is 1. The topological polar surface area (TPSA) is 58.6 Å². The first-order chi connectivity index (χ1) is 13.0. The largest absolute Gasteiger partial charge is 0.465 e. The molecule has 0 atom stereocenters. The molecular formula is C20H23FN2O3S. The highest BCUT2D eigenvalue weighted by Crippen LogP contribution is 2.38. The molecule has 0 aliphatic heterocycles. The molecule has 1 aromatic carbocycles. The number of nitrogens with zero attached hydrogens (tertiary/aromatic N) is 1. The molecule has 1 aliphatic carbocycles. The van der Waals surface area contributed by atoms with E-state index < -0.39 is 5.97 Å². The normalized spacial score (nSPS) is 13.3. The lowest BCUT2D eigenvalue weighted by atomic mass is 9.95. The van der Waals surface area contributed by atoms with Crippen LogP contribution >= 0.6 is 11.3 Å². The monoisotopic (exact) mass is 390 g/mol.